The Labute approximate surface area is 278 Å². The molecule has 0 spiro atoms. The number of fused-ring (bicyclic) bond motifs is 1. The van der Waals surface area contributed by atoms with Crippen molar-refractivity contribution in [3.8, 4) is 0 Å². The third kappa shape index (κ3) is 6.58. The highest BCUT2D eigenvalue weighted by Gasteiger charge is 2.51. The third-order valence-electron chi connectivity index (χ3n) is 10.4. The maximum atomic E-state index is 13.0. The summed E-state index contributed by atoms with van der Waals surface area (Å²) in [6.45, 7) is 0.496. The van der Waals surface area contributed by atoms with Crippen molar-refractivity contribution in [3.63, 3.8) is 0 Å². The van der Waals surface area contributed by atoms with E-state index in [1.54, 1.807) is 23.1 Å². The van der Waals surface area contributed by atoms with Gasteiger partial charge in [-0.15, -0.1) is 11.3 Å². The van der Waals surface area contributed by atoms with Gasteiger partial charge in [0.2, 0.25) is 0 Å². The Morgan fingerprint density at radius 2 is 1.54 bits per heavy atom. The lowest BCUT2D eigenvalue weighted by Gasteiger charge is -2.56. The number of para-hydroxylation sites is 1. The highest BCUT2D eigenvalue weighted by Crippen LogP contribution is 2.55. The molecule has 5 fully saturated rings. The first kappa shape index (κ1) is 30.4. The molecule has 9 rings (SSSR count). The van der Waals surface area contributed by atoms with Gasteiger partial charge < -0.3 is 25.2 Å². The number of carbonyl (C=O) groups is 1. The van der Waals surface area contributed by atoms with E-state index >= 15 is 0 Å². The molecule has 7 nitrogen and oxygen atoms in total. The van der Waals surface area contributed by atoms with Gasteiger partial charge in [0.05, 0.1) is 29.0 Å². The highest BCUT2D eigenvalue weighted by molar-refractivity contribution is 8.01. The van der Waals surface area contributed by atoms with E-state index < -0.39 is 6.29 Å². The Morgan fingerprint density at radius 3 is 2.24 bits per heavy atom. The van der Waals surface area contributed by atoms with Crippen LogP contribution in [-0.4, -0.2) is 33.5 Å². The van der Waals surface area contributed by atoms with Gasteiger partial charge >= 0.3 is 6.03 Å². The van der Waals surface area contributed by atoms with Gasteiger partial charge in [0.1, 0.15) is 0 Å². The van der Waals surface area contributed by atoms with Gasteiger partial charge in [-0.3, -0.25) is 0 Å². The zero-order chi connectivity index (χ0) is 31.1. The molecule has 3 aromatic carbocycles. The van der Waals surface area contributed by atoms with Crippen LogP contribution in [0.1, 0.15) is 79.6 Å². The Hall–Kier alpha value is -2.95. The second-order valence-corrected chi connectivity index (χ2v) is 16.2. The highest BCUT2D eigenvalue weighted by atomic mass is 32.2. The number of aliphatic hydroxyl groups excluding tert-OH is 1. The second kappa shape index (κ2) is 12.9. The van der Waals surface area contributed by atoms with Crippen LogP contribution in [0.15, 0.2) is 77.1 Å². The first-order valence-corrected chi connectivity index (χ1v) is 18.4. The van der Waals surface area contributed by atoms with E-state index in [2.05, 4.69) is 34.9 Å². The van der Waals surface area contributed by atoms with Crippen LogP contribution >= 0.6 is 23.1 Å². The Balaban J connectivity index is 0.916. The van der Waals surface area contributed by atoms with E-state index in [0.717, 1.165) is 81.3 Å². The molecule has 4 aromatic rings. The molecule has 3 atom stereocenters. The van der Waals surface area contributed by atoms with Crippen molar-refractivity contribution in [2.45, 2.75) is 86.5 Å². The van der Waals surface area contributed by atoms with Crippen LogP contribution in [0.4, 0.5) is 4.79 Å². The van der Waals surface area contributed by atoms with Crippen molar-refractivity contribution in [2.75, 3.05) is 5.75 Å². The molecule has 5 aliphatic rings. The summed E-state index contributed by atoms with van der Waals surface area (Å²) >= 11 is 3.45. The first-order valence-electron chi connectivity index (χ1n) is 16.6. The fourth-order valence-electron chi connectivity index (χ4n) is 8.62. The Kier molecular flexibility index (Phi) is 8.54. The minimum absolute atomic E-state index is 0.00909. The molecule has 0 unspecified atom stereocenters. The van der Waals surface area contributed by atoms with Crippen molar-refractivity contribution in [3.05, 3.63) is 95.1 Å². The maximum absolute atomic E-state index is 13.0. The van der Waals surface area contributed by atoms with E-state index in [4.69, 9.17) is 14.5 Å². The number of aliphatic hydroxyl groups is 1. The Bertz CT molecular complexity index is 1610. The largest absolute Gasteiger partial charge is 0.392 e. The van der Waals surface area contributed by atoms with Crippen LogP contribution in [0.5, 0.6) is 0 Å². The Morgan fingerprint density at radius 1 is 0.870 bits per heavy atom. The van der Waals surface area contributed by atoms with Crippen molar-refractivity contribution in [1.82, 2.24) is 15.6 Å². The number of rotatable bonds is 9. The molecular formula is C37H41N3O4S2. The number of nitrogens with one attached hydrogen (secondary N) is 2. The number of hydrogen-bond acceptors (Lipinski definition) is 7. The number of amides is 2. The van der Waals surface area contributed by atoms with Crippen molar-refractivity contribution < 1.29 is 19.4 Å². The molecule has 240 valence electrons. The molecule has 1 saturated heterocycles. The van der Waals surface area contributed by atoms with Gasteiger partial charge in [-0.1, -0.05) is 72.4 Å². The monoisotopic (exact) mass is 655 g/mol. The number of aromatic nitrogens is 1. The predicted molar refractivity (Wildman–Crippen MR) is 181 cm³/mol. The standard InChI is InChI=1S/C37H41N3O4S2/c41-21-24-7-9-28(10-8-24)32-16-30(22-45-36-39-31-3-1-2-4-33(31)46-36)43-34(44-32)29-11-5-23(6-12-29)20-38-35(42)40-37-17-25-13-26(18-37)15-27(14-25)19-37/h1-12,25-27,30,32,34,41H,13-22H2,(H2,38,40,42)/t25?,26?,27?,30-,32+,34+,37?/m1/s1. The molecule has 0 radical (unpaired) electrons. The lowest BCUT2D eigenvalue weighted by Crippen LogP contribution is -2.61. The molecule has 46 heavy (non-hydrogen) atoms. The van der Waals surface area contributed by atoms with E-state index in [0.29, 0.717) is 6.54 Å². The van der Waals surface area contributed by atoms with E-state index in [9.17, 15) is 9.90 Å². The SMILES string of the molecule is O=C(NCc1ccc([C@H]2O[C@@H](CSc3nc4ccccc4s3)C[C@@H](c3ccc(CO)cc3)O2)cc1)NC12CC3CC(CC(C3)C1)C2. The van der Waals surface area contributed by atoms with Crippen LogP contribution < -0.4 is 10.6 Å². The number of urea groups is 1. The number of hydrogen-bond donors (Lipinski definition) is 3. The number of ether oxygens (including phenoxy) is 2. The molecular weight excluding hydrogens is 615 g/mol. The first-order chi connectivity index (χ1) is 22.5. The van der Waals surface area contributed by atoms with Gasteiger partial charge in [0, 0.05) is 29.8 Å². The molecule has 4 saturated carbocycles. The zero-order valence-corrected chi connectivity index (χ0v) is 27.5. The molecule has 1 aliphatic heterocycles. The van der Waals surface area contributed by atoms with E-state index in [1.807, 2.05) is 48.5 Å². The molecule has 2 amide bonds. The molecule has 1 aromatic heterocycles. The average Bonchev–Trinajstić information content (AvgIpc) is 3.49. The fraction of sp³-hybridized carbons (Fsp3) is 0.459. The van der Waals surface area contributed by atoms with Crippen molar-refractivity contribution >= 4 is 39.3 Å². The average molecular weight is 656 g/mol. The smallest absolute Gasteiger partial charge is 0.315 e. The molecule has 4 aliphatic carbocycles. The van der Waals surface area contributed by atoms with Crippen molar-refractivity contribution in [1.29, 1.82) is 0 Å². The fourth-order valence-corrected chi connectivity index (χ4v) is 10.7. The topological polar surface area (TPSA) is 92.7 Å². The van der Waals surface area contributed by atoms with Gasteiger partial charge in [0.25, 0.3) is 0 Å². The summed E-state index contributed by atoms with van der Waals surface area (Å²) in [5, 5.41) is 16.1. The molecule has 4 bridgehead atoms. The minimum Gasteiger partial charge on any atom is -0.392 e. The van der Waals surface area contributed by atoms with Crippen LogP contribution in [0.3, 0.4) is 0 Å². The third-order valence-corrected chi connectivity index (χ3v) is 12.7. The minimum atomic E-state index is -0.515. The van der Waals surface area contributed by atoms with Gasteiger partial charge in [-0.05, 0) is 85.1 Å². The van der Waals surface area contributed by atoms with Crippen LogP contribution in [-0.2, 0) is 22.6 Å². The number of carbonyl (C=O) groups excluding carboxylic acids is 1. The molecule has 2 heterocycles. The summed E-state index contributed by atoms with van der Waals surface area (Å²) in [6.07, 6.45) is 7.58. The van der Waals surface area contributed by atoms with Crippen molar-refractivity contribution in [2.24, 2.45) is 17.8 Å². The molecule has 9 heteroatoms. The summed E-state index contributed by atoms with van der Waals surface area (Å²) in [4.78, 5) is 17.8. The normalized spacial score (nSPS) is 30.0. The van der Waals surface area contributed by atoms with Crippen LogP contribution in [0, 0.1) is 17.8 Å². The van der Waals surface area contributed by atoms with Crippen LogP contribution in [0.25, 0.3) is 10.2 Å². The molecule has 3 N–H and O–H groups in total. The van der Waals surface area contributed by atoms with E-state index in [-0.39, 0.29) is 30.4 Å². The van der Waals surface area contributed by atoms with E-state index in [1.165, 1.54) is 24.0 Å². The lowest BCUT2D eigenvalue weighted by molar-refractivity contribution is -0.245. The summed E-state index contributed by atoms with van der Waals surface area (Å²) in [6, 6.07) is 24.4. The van der Waals surface area contributed by atoms with Gasteiger partial charge in [0.15, 0.2) is 10.6 Å². The second-order valence-electron chi connectivity index (χ2n) is 13.9. The quantitative estimate of drug-likeness (QED) is 0.159. The lowest BCUT2D eigenvalue weighted by atomic mass is 9.53. The maximum Gasteiger partial charge on any atom is 0.315 e. The summed E-state index contributed by atoms with van der Waals surface area (Å²) in [5.41, 5.74) is 4.99. The summed E-state index contributed by atoms with van der Waals surface area (Å²) in [5.74, 6) is 3.17. The number of thiazole rings is 1. The van der Waals surface area contributed by atoms with Crippen LogP contribution in [0.2, 0.25) is 0 Å². The summed E-state index contributed by atoms with van der Waals surface area (Å²) < 4.78 is 15.3. The summed E-state index contributed by atoms with van der Waals surface area (Å²) in [7, 11) is 0. The predicted octanol–water partition coefficient (Wildman–Crippen LogP) is 7.89. The number of benzene rings is 3. The zero-order valence-electron chi connectivity index (χ0n) is 25.9. The number of thioether (sulfide) groups is 1. The van der Waals surface area contributed by atoms with Gasteiger partial charge in [-0.2, -0.15) is 0 Å². The number of nitrogens with zero attached hydrogens (tertiary/aromatic N) is 1. The van der Waals surface area contributed by atoms with Gasteiger partial charge in [-0.25, -0.2) is 9.78 Å².